The second-order valence-corrected chi connectivity index (χ2v) is 5.65. The molecule has 0 bridgehead atoms. The van der Waals surface area contributed by atoms with Gasteiger partial charge in [-0.1, -0.05) is 0 Å². The number of alkyl halides is 1. The molecule has 0 atom stereocenters. The molecule has 0 spiro atoms. The molecule has 0 radical (unpaired) electrons. The normalized spacial score (nSPS) is 11.4. The quantitative estimate of drug-likeness (QED) is 0.518. The van der Waals surface area contributed by atoms with Crippen molar-refractivity contribution < 1.29 is 13.9 Å². The number of methoxy groups -OCH3 is 1. The van der Waals surface area contributed by atoms with Crippen LogP contribution in [0.15, 0.2) is 16.6 Å². The number of imidazole rings is 1. The smallest absolute Gasteiger partial charge is 0.139 e. The molecule has 0 unspecified atom stereocenters. The Balaban J connectivity index is 2.08. The highest BCUT2D eigenvalue weighted by Gasteiger charge is 2.12. The first-order valence-corrected chi connectivity index (χ1v) is 7.97. The van der Waals surface area contributed by atoms with Gasteiger partial charge in [-0.2, -0.15) is 0 Å². The van der Waals surface area contributed by atoms with Crippen LogP contribution in [-0.4, -0.2) is 36.5 Å². The highest BCUT2D eigenvalue weighted by Crippen LogP contribution is 2.25. The molecule has 0 aliphatic rings. The van der Waals surface area contributed by atoms with Crippen molar-refractivity contribution in [2.24, 2.45) is 0 Å². The first-order valence-electron chi connectivity index (χ1n) is 6.64. The third kappa shape index (κ3) is 4.16. The number of aryl methyl sites for hydroxylation is 1. The molecule has 4 nitrogen and oxygen atoms in total. The van der Waals surface area contributed by atoms with Gasteiger partial charge in [-0.15, -0.1) is 11.6 Å². The molecule has 21 heavy (non-hydrogen) atoms. The van der Waals surface area contributed by atoms with E-state index in [-0.39, 0.29) is 5.82 Å². The van der Waals surface area contributed by atoms with Crippen LogP contribution in [0.2, 0.25) is 0 Å². The van der Waals surface area contributed by atoms with Crippen LogP contribution < -0.4 is 0 Å². The minimum atomic E-state index is -0.323. The van der Waals surface area contributed by atoms with Crippen molar-refractivity contribution in [3.05, 3.63) is 28.2 Å². The second-order valence-electron chi connectivity index (χ2n) is 4.53. The number of fused-ring (bicyclic) bond motifs is 1. The first-order chi connectivity index (χ1) is 10.2. The fourth-order valence-electron chi connectivity index (χ4n) is 2.09. The first kappa shape index (κ1) is 16.7. The predicted molar refractivity (Wildman–Crippen MR) is 84.3 cm³/mol. The lowest BCUT2D eigenvalue weighted by Crippen LogP contribution is -2.08. The average molecular weight is 380 g/mol. The van der Waals surface area contributed by atoms with Crippen molar-refractivity contribution in [2.45, 2.75) is 18.8 Å². The Labute approximate surface area is 136 Å². The lowest BCUT2D eigenvalue weighted by molar-refractivity contribution is 0.0681. The lowest BCUT2D eigenvalue weighted by Gasteiger charge is -2.08. The molecule has 1 heterocycles. The maximum absolute atomic E-state index is 13.6. The molecule has 0 saturated carbocycles. The summed E-state index contributed by atoms with van der Waals surface area (Å²) in [5, 5.41) is 0. The number of halogens is 3. The SMILES string of the molecule is COCCOCCCn1c(CCl)nc2cc(F)c(Br)cc21. The van der Waals surface area contributed by atoms with Gasteiger partial charge in [0.1, 0.15) is 11.6 Å². The van der Waals surface area contributed by atoms with Crippen LogP contribution >= 0.6 is 27.5 Å². The molecule has 1 aromatic heterocycles. The summed E-state index contributed by atoms with van der Waals surface area (Å²) in [7, 11) is 1.64. The zero-order valence-corrected chi connectivity index (χ0v) is 14.1. The molecule has 0 aliphatic carbocycles. The monoisotopic (exact) mass is 378 g/mol. The fourth-order valence-corrected chi connectivity index (χ4v) is 2.63. The van der Waals surface area contributed by atoms with E-state index in [4.69, 9.17) is 21.1 Å². The van der Waals surface area contributed by atoms with Gasteiger partial charge in [-0.05, 0) is 28.4 Å². The Bertz CT molecular complexity index is 606. The zero-order chi connectivity index (χ0) is 15.2. The topological polar surface area (TPSA) is 36.3 Å². The maximum atomic E-state index is 13.6. The van der Waals surface area contributed by atoms with Crippen LogP contribution in [0.25, 0.3) is 11.0 Å². The van der Waals surface area contributed by atoms with Gasteiger partial charge in [0.05, 0.1) is 34.6 Å². The molecule has 0 fully saturated rings. The molecule has 2 rings (SSSR count). The van der Waals surface area contributed by atoms with E-state index in [1.165, 1.54) is 6.07 Å². The minimum absolute atomic E-state index is 0.290. The summed E-state index contributed by atoms with van der Waals surface area (Å²) in [4.78, 5) is 4.37. The van der Waals surface area contributed by atoms with Gasteiger partial charge in [0.2, 0.25) is 0 Å². The van der Waals surface area contributed by atoms with Gasteiger partial charge < -0.3 is 14.0 Å². The van der Waals surface area contributed by atoms with Crippen LogP contribution in [0.3, 0.4) is 0 Å². The molecule has 2 aromatic rings. The van der Waals surface area contributed by atoms with Crippen LogP contribution in [0.1, 0.15) is 12.2 Å². The average Bonchev–Trinajstić information content (AvgIpc) is 2.80. The van der Waals surface area contributed by atoms with Gasteiger partial charge in [-0.3, -0.25) is 0 Å². The van der Waals surface area contributed by atoms with E-state index in [2.05, 4.69) is 20.9 Å². The largest absolute Gasteiger partial charge is 0.382 e. The van der Waals surface area contributed by atoms with Crippen molar-refractivity contribution in [3.8, 4) is 0 Å². The minimum Gasteiger partial charge on any atom is -0.382 e. The molecule has 0 N–H and O–H groups in total. The third-order valence-electron chi connectivity index (χ3n) is 3.09. The van der Waals surface area contributed by atoms with Gasteiger partial charge >= 0.3 is 0 Å². The molecule has 0 saturated heterocycles. The number of aromatic nitrogens is 2. The van der Waals surface area contributed by atoms with E-state index in [0.29, 0.717) is 35.7 Å². The highest BCUT2D eigenvalue weighted by molar-refractivity contribution is 9.10. The van der Waals surface area contributed by atoms with Crippen LogP contribution in [0, 0.1) is 5.82 Å². The van der Waals surface area contributed by atoms with Gasteiger partial charge in [0.25, 0.3) is 0 Å². The lowest BCUT2D eigenvalue weighted by atomic mass is 10.3. The van der Waals surface area contributed by atoms with Crippen molar-refractivity contribution in [1.29, 1.82) is 0 Å². The number of benzene rings is 1. The zero-order valence-electron chi connectivity index (χ0n) is 11.7. The van der Waals surface area contributed by atoms with E-state index in [9.17, 15) is 4.39 Å². The predicted octanol–water partition coefficient (Wildman–Crippen LogP) is 3.73. The van der Waals surface area contributed by atoms with Gasteiger partial charge in [-0.25, -0.2) is 9.37 Å². The molecule has 0 aliphatic heterocycles. The second kappa shape index (κ2) is 8.08. The summed E-state index contributed by atoms with van der Waals surface area (Å²) >= 11 is 9.13. The maximum Gasteiger partial charge on any atom is 0.139 e. The van der Waals surface area contributed by atoms with Crippen LogP contribution in [0.5, 0.6) is 0 Å². The highest BCUT2D eigenvalue weighted by atomic mass is 79.9. The number of nitrogens with zero attached hydrogens (tertiary/aromatic N) is 2. The van der Waals surface area contributed by atoms with Gasteiger partial charge in [0.15, 0.2) is 0 Å². The van der Waals surface area contributed by atoms with E-state index in [1.54, 1.807) is 13.2 Å². The Hall–Kier alpha value is -0.690. The summed E-state index contributed by atoms with van der Waals surface area (Å²) in [6.07, 6.45) is 0.827. The van der Waals surface area contributed by atoms with Crippen molar-refractivity contribution in [3.63, 3.8) is 0 Å². The van der Waals surface area contributed by atoms with Gasteiger partial charge in [0, 0.05) is 26.3 Å². The van der Waals surface area contributed by atoms with Crippen molar-refractivity contribution in [2.75, 3.05) is 26.9 Å². The summed E-state index contributed by atoms with van der Waals surface area (Å²) in [6.45, 7) is 2.53. The Morgan fingerprint density at radius 1 is 1.33 bits per heavy atom. The summed E-state index contributed by atoms with van der Waals surface area (Å²) in [5.74, 6) is 0.704. The van der Waals surface area contributed by atoms with Crippen molar-refractivity contribution >= 4 is 38.6 Å². The number of rotatable bonds is 8. The molecule has 116 valence electrons. The Morgan fingerprint density at radius 2 is 2.14 bits per heavy atom. The van der Waals surface area contributed by atoms with E-state index in [0.717, 1.165) is 24.3 Å². The fraction of sp³-hybridized carbons (Fsp3) is 0.500. The third-order valence-corrected chi connectivity index (χ3v) is 3.94. The molecular formula is C14H17BrClFN2O2. The Kier molecular flexibility index (Phi) is 6.41. The standard InChI is InChI=1S/C14H17BrClFN2O2/c1-20-5-6-21-4-2-3-19-13-7-10(15)11(17)8-12(13)18-14(19)9-16/h7-8H,2-6,9H2,1H3. The van der Waals surface area contributed by atoms with E-state index >= 15 is 0 Å². The number of hydrogen-bond acceptors (Lipinski definition) is 3. The summed E-state index contributed by atoms with van der Waals surface area (Å²) in [6, 6.07) is 3.15. The number of hydrogen-bond donors (Lipinski definition) is 0. The summed E-state index contributed by atoms with van der Waals surface area (Å²) in [5.41, 5.74) is 1.49. The van der Waals surface area contributed by atoms with E-state index in [1.807, 2.05) is 4.57 Å². The van der Waals surface area contributed by atoms with E-state index < -0.39 is 0 Å². The molecule has 1 aromatic carbocycles. The molecule has 7 heteroatoms. The van der Waals surface area contributed by atoms with Crippen LogP contribution in [-0.2, 0) is 21.9 Å². The Morgan fingerprint density at radius 3 is 2.86 bits per heavy atom. The summed E-state index contributed by atoms with van der Waals surface area (Å²) < 4.78 is 26.3. The number of ether oxygens (including phenoxy) is 2. The molecule has 0 amide bonds. The van der Waals surface area contributed by atoms with Crippen LogP contribution in [0.4, 0.5) is 4.39 Å². The van der Waals surface area contributed by atoms with Crippen molar-refractivity contribution in [1.82, 2.24) is 9.55 Å². The molecular weight excluding hydrogens is 363 g/mol.